The van der Waals surface area contributed by atoms with Gasteiger partial charge in [-0.3, -0.25) is 9.10 Å². The van der Waals surface area contributed by atoms with Crippen molar-refractivity contribution in [3.05, 3.63) is 101 Å². The molecule has 0 atom stereocenters. The van der Waals surface area contributed by atoms with Crippen molar-refractivity contribution in [3.8, 4) is 11.5 Å². The first-order valence-electron chi connectivity index (χ1n) is 10.8. The number of hydrazone groups is 1. The van der Waals surface area contributed by atoms with Gasteiger partial charge in [0.15, 0.2) is 11.5 Å². The number of benzene rings is 3. The number of anilines is 1. The highest BCUT2D eigenvalue weighted by Crippen LogP contribution is 2.27. The summed E-state index contributed by atoms with van der Waals surface area (Å²) in [5.41, 5.74) is 4.68. The maximum Gasteiger partial charge on any atom is 0.271 e. The molecule has 1 N–H and O–H groups in total. The fourth-order valence-electron chi connectivity index (χ4n) is 3.20. The summed E-state index contributed by atoms with van der Waals surface area (Å²) in [6.07, 6.45) is 4.24. The fourth-order valence-corrected chi connectivity index (χ4v) is 4.21. The summed E-state index contributed by atoms with van der Waals surface area (Å²) < 4.78 is 36.9. The number of nitrogens with zero attached hydrogens (tertiary/aromatic N) is 2. The van der Waals surface area contributed by atoms with E-state index in [-0.39, 0.29) is 6.54 Å². The number of hydrogen-bond donors (Lipinski definition) is 1. The van der Waals surface area contributed by atoms with Crippen LogP contribution in [-0.4, -0.2) is 40.5 Å². The SMILES string of the molecule is C=CCOc1ccc(/C=N\NC(=O)c2ccc(N(Cc3ccc(Cl)cc3)S(C)(=O)=O)cc2)cc1OC. The Labute approximate surface area is 215 Å². The number of sulfonamides is 1. The Balaban J connectivity index is 1.68. The van der Waals surface area contributed by atoms with Crippen molar-refractivity contribution in [3.63, 3.8) is 0 Å². The van der Waals surface area contributed by atoms with Gasteiger partial charge in [-0.05, 0) is 65.7 Å². The average Bonchev–Trinajstić information content (AvgIpc) is 2.86. The summed E-state index contributed by atoms with van der Waals surface area (Å²) in [5.74, 6) is 0.647. The third kappa shape index (κ3) is 7.34. The third-order valence-corrected chi connectivity index (χ3v) is 6.37. The van der Waals surface area contributed by atoms with Crippen LogP contribution in [0.15, 0.2) is 84.5 Å². The first-order chi connectivity index (χ1) is 17.2. The van der Waals surface area contributed by atoms with E-state index < -0.39 is 15.9 Å². The summed E-state index contributed by atoms with van der Waals surface area (Å²) >= 11 is 5.92. The predicted molar refractivity (Wildman–Crippen MR) is 143 cm³/mol. The molecule has 0 aliphatic rings. The van der Waals surface area contributed by atoms with Crippen molar-refractivity contribution in [2.24, 2.45) is 5.10 Å². The molecule has 0 unspecified atom stereocenters. The lowest BCUT2D eigenvalue weighted by Crippen LogP contribution is -2.29. The van der Waals surface area contributed by atoms with Crippen molar-refractivity contribution in [2.45, 2.75) is 6.54 Å². The first-order valence-corrected chi connectivity index (χ1v) is 13.0. The van der Waals surface area contributed by atoms with E-state index in [0.717, 1.165) is 11.8 Å². The standard InChI is InChI=1S/C26H26ClN3O5S/c1-4-15-35-24-14-7-20(16-25(24)34-2)17-28-29-26(31)21-8-12-23(13-9-21)30(36(3,32)33)18-19-5-10-22(27)11-6-19/h4-14,16-17H,1,15,18H2,2-3H3,(H,29,31)/b28-17-. The Bertz CT molecular complexity index is 1340. The number of halogens is 1. The molecule has 1 amide bonds. The summed E-state index contributed by atoms with van der Waals surface area (Å²) in [6.45, 7) is 4.09. The van der Waals surface area contributed by atoms with Crippen LogP contribution < -0.4 is 19.2 Å². The Hall–Kier alpha value is -3.82. The third-order valence-electron chi connectivity index (χ3n) is 4.98. The molecule has 0 aliphatic heterocycles. The zero-order valence-corrected chi connectivity index (χ0v) is 21.4. The van der Waals surface area contributed by atoms with Crippen LogP contribution in [0.5, 0.6) is 11.5 Å². The van der Waals surface area contributed by atoms with E-state index in [1.54, 1.807) is 60.7 Å². The van der Waals surface area contributed by atoms with Crippen LogP contribution in [0.2, 0.25) is 5.02 Å². The largest absolute Gasteiger partial charge is 0.493 e. The van der Waals surface area contributed by atoms with Crippen LogP contribution in [0.3, 0.4) is 0 Å². The maximum atomic E-state index is 12.5. The van der Waals surface area contributed by atoms with Gasteiger partial charge in [-0.15, -0.1) is 0 Å². The van der Waals surface area contributed by atoms with E-state index in [0.29, 0.717) is 39.9 Å². The lowest BCUT2D eigenvalue weighted by atomic mass is 10.2. The van der Waals surface area contributed by atoms with E-state index in [1.165, 1.54) is 29.8 Å². The molecule has 0 aliphatic carbocycles. The summed E-state index contributed by atoms with van der Waals surface area (Å²) in [7, 11) is -2.04. The number of carbonyl (C=O) groups excluding carboxylic acids is 1. The Morgan fingerprint density at radius 2 is 1.78 bits per heavy atom. The highest BCUT2D eigenvalue weighted by Gasteiger charge is 2.18. The minimum atomic E-state index is -3.57. The minimum absolute atomic E-state index is 0.132. The van der Waals surface area contributed by atoms with Gasteiger partial charge in [0, 0.05) is 10.6 Å². The molecule has 0 fully saturated rings. The second-order valence-electron chi connectivity index (χ2n) is 7.65. The molecule has 0 radical (unpaired) electrons. The maximum absolute atomic E-state index is 12.5. The van der Waals surface area contributed by atoms with Crippen molar-refractivity contribution < 1.29 is 22.7 Å². The van der Waals surface area contributed by atoms with E-state index in [2.05, 4.69) is 17.1 Å². The molecular formula is C26H26ClN3O5S. The molecule has 0 bridgehead atoms. The summed E-state index contributed by atoms with van der Waals surface area (Å²) in [6, 6.07) is 18.4. The molecule has 0 aromatic heterocycles. The van der Waals surface area contributed by atoms with Crippen molar-refractivity contribution in [2.75, 3.05) is 24.3 Å². The second-order valence-corrected chi connectivity index (χ2v) is 10.00. The lowest BCUT2D eigenvalue weighted by Gasteiger charge is -2.22. The Morgan fingerprint density at radius 3 is 2.39 bits per heavy atom. The summed E-state index contributed by atoms with van der Waals surface area (Å²) in [4.78, 5) is 12.5. The van der Waals surface area contributed by atoms with E-state index in [4.69, 9.17) is 21.1 Å². The fraction of sp³-hybridized carbons (Fsp3) is 0.154. The van der Waals surface area contributed by atoms with Gasteiger partial charge in [0.25, 0.3) is 5.91 Å². The lowest BCUT2D eigenvalue weighted by molar-refractivity contribution is 0.0955. The van der Waals surface area contributed by atoms with E-state index in [1.807, 2.05) is 0 Å². The smallest absolute Gasteiger partial charge is 0.271 e. The zero-order valence-electron chi connectivity index (χ0n) is 19.8. The zero-order chi connectivity index (χ0) is 26.1. The van der Waals surface area contributed by atoms with Crippen molar-refractivity contribution >= 4 is 39.4 Å². The van der Waals surface area contributed by atoms with Crippen LogP contribution in [0.1, 0.15) is 21.5 Å². The predicted octanol–water partition coefficient (Wildman–Crippen LogP) is 4.64. The van der Waals surface area contributed by atoms with Crippen LogP contribution in [-0.2, 0) is 16.6 Å². The molecule has 0 heterocycles. The van der Waals surface area contributed by atoms with Crippen LogP contribution in [0, 0.1) is 0 Å². The molecule has 36 heavy (non-hydrogen) atoms. The molecule has 8 nitrogen and oxygen atoms in total. The minimum Gasteiger partial charge on any atom is -0.493 e. The highest BCUT2D eigenvalue weighted by molar-refractivity contribution is 7.92. The monoisotopic (exact) mass is 527 g/mol. The number of nitrogens with one attached hydrogen (secondary N) is 1. The number of amides is 1. The number of rotatable bonds is 11. The molecule has 0 saturated heterocycles. The normalized spacial score (nSPS) is 11.2. The molecule has 188 valence electrons. The highest BCUT2D eigenvalue weighted by atomic mass is 35.5. The second kappa shape index (κ2) is 12.2. The quantitative estimate of drug-likeness (QED) is 0.222. The summed E-state index contributed by atoms with van der Waals surface area (Å²) in [5, 5.41) is 4.56. The average molecular weight is 528 g/mol. The number of ether oxygens (including phenoxy) is 2. The van der Waals surface area contributed by atoms with Crippen LogP contribution in [0.25, 0.3) is 0 Å². The number of carbonyl (C=O) groups is 1. The van der Waals surface area contributed by atoms with Crippen LogP contribution in [0.4, 0.5) is 5.69 Å². The van der Waals surface area contributed by atoms with Gasteiger partial charge >= 0.3 is 0 Å². The van der Waals surface area contributed by atoms with Gasteiger partial charge in [0.2, 0.25) is 10.0 Å². The number of methoxy groups -OCH3 is 1. The van der Waals surface area contributed by atoms with Crippen LogP contribution >= 0.6 is 11.6 Å². The first kappa shape index (κ1) is 26.8. The molecule has 0 spiro atoms. The van der Waals surface area contributed by atoms with Gasteiger partial charge in [0.1, 0.15) is 6.61 Å². The topological polar surface area (TPSA) is 97.3 Å². The van der Waals surface area contributed by atoms with E-state index in [9.17, 15) is 13.2 Å². The van der Waals surface area contributed by atoms with Crippen molar-refractivity contribution in [1.82, 2.24) is 5.43 Å². The number of hydrogen-bond acceptors (Lipinski definition) is 6. The van der Waals surface area contributed by atoms with E-state index >= 15 is 0 Å². The van der Waals surface area contributed by atoms with Crippen molar-refractivity contribution in [1.29, 1.82) is 0 Å². The van der Waals surface area contributed by atoms with Gasteiger partial charge in [-0.2, -0.15) is 5.10 Å². The Kier molecular flexibility index (Phi) is 9.10. The van der Waals surface area contributed by atoms with Gasteiger partial charge < -0.3 is 9.47 Å². The molecule has 3 rings (SSSR count). The molecule has 10 heteroatoms. The van der Waals surface area contributed by atoms with Gasteiger partial charge in [-0.1, -0.05) is 36.4 Å². The molecular weight excluding hydrogens is 502 g/mol. The van der Waals surface area contributed by atoms with Gasteiger partial charge in [0.05, 0.1) is 31.8 Å². The Morgan fingerprint density at radius 1 is 1.08 bits per heavy atom. The molecule has 0 saturated carbocycles. The molecule has 3 aromatic rings. The molecule has 3 aromatic carbocycles. The van der Waals surface area contributed by atoms with Gasteiger partial charge in [-0.25, -0.2) is 13.8 Å².